The van der Waals surface area contributed by atoms with Crippen molar-refractivity contribution in [2.24, 2.45) is 5.92 Å². The summed E-state index contributed by atoms with van der Waals surface area (Å²) < 4.78 is 0. The van der Waals surface area contributed by atoms with Crippen LogP contribution in [0.4, 0.5) is 10.5 Å². The van der Waals surface area contributed by atoms with Crippen molar-refractivity contribution < 1.29 is 14.4 Å². The first-order valence-corrected chi connectivity index (χ1v) is 9.94. The van der Waals surface area contributed by atoms with Crippen LogP contribution in [0.25, 0.3) is 0 Å². The van der Waals surface area contributed by atoms with Crippen molar-refractivity contribution in [2.75, 3.05) is 18.1 Å². The number of urea groups is 1. The van der Waals surface area contributed by atoms with Gasteiger partial charge in [0.25, 0.3) is 0 Å². The number of thioether (sulfide) groups is 1. The smallest absolute Gasteiger partial charge is 0.319 e. The number of anilines is 1. The van der Waals surface area contributed by atoms with Crippen LogP contribution in [0.2, 0.25) is 0 Å². The molecule has 2 aliphatic heterocycles. The number of benzene rings is 1. The largest absolute Gasteiger partial charge is 0.342 e. The van der Waals surface area contributed by atoms with Gasteiger partial charge in [-0.1, -0.05) is 19.9 Å². The van der Waals surface area contributed by atoms with Gasteiger partial charge in [0.15, 0.2) is 0 Å². The van der Waals surface area contributed by atoms with E-state index in [2.05, 4.69) is 16.0 Å². The number of piperazine rings is 1. The van der Waals surface area contributed by atoms with Gasteiger partial charge in [0.2, 0.25) is 11.8 Å². The molecule has 0 radical (unpaired) electrons. The molecule has 2 saturated heterocycles. The molecule has 7 nitrogen and oxygen atoms in total. The topological polar surface area (TPSA) is 90.5 Å². The molecule has 0 saturated carbocycles. The van der Waals surface area contributed by atoms with Crippen molar-refractivity contribution >= 4 is 35.3 Å². The lowest BCUT2D eigenvalue weighted by Gasteiger charge is -2.36. The Hall–Kier alpha value is -2.22. The molecule has 0 bridgehead atoms. The monoisotopic (exact) mass is 376 g/mol. The number of nitrogens with zero attached hydrogens (tertiary/aromatic N) is 1. The third-order valence-corrected chi connectivity index (χ3v) is 5.51. The van der Waals surface area contributed by atoms with Crippen LogP contribution in [0.3, 0.4) is 0 Å². The zero-order valence-corrected chi connectivity index (χ0v) is 15.9. The van der Waals surface area contributed by atoms with E-state index < -0.39 is 12.1 Å². The van der Waals surface area contributed by atoms with Crippen LogP contribution in [-0.4, -0.2) is 53.7 Å². The van der Waals surface area contributed by atoms with Gasteiger partial charge in [-0.3, -0.25) is 9.59 Å². The molecule has 1 aromatic rings. The van der Waals surface area contributed by atoms with Crippen LogP contribution in [0.15, 0.2) is 29.2 Å². The van der Waals surface area contributed by atoms with Crippen molar-refractivity contribution in [1.29, 1.82) is 0 Å². The van der Waals surface area contributed by atoms with E-state index in [1.54, 1.807) is 16.7 Å². The molecule has 1 aromatic carbocycles. The SMILES string of the molecule is CSc1cccc(NC(=O)N[C@H]2C[C@H]3C(=O)N[C@H](C(C)C)C(=O)N3C2)c1. The third-order valence-electron chi connectivity index (χ3n) is 4.78. The van der Waals surface area contributed by atoms with Crippen LogP contribution in [0, 0.1) is 5.92 Å². The first-order chi connectivity index (χ1) is 12.4. The van der Waals surface area contributed by atoms with E-state index in [1.165, 1.54) is 0 Å². The fourth-order valence-corrected chi connectivity index (χ4v) is 3.89. The summed E-state index contributed by atoms with van der Waals surface area (Å²) >= 11 is 1.60. The standard InChI is InChI=1S/C18H24N4O3S/c1-10(2)15-17(24)22-9-12(8-14(22)16(23)21-15)20-18(25)19-11-5-4-6-13(7-11)26-3/h4-7,10,12,14-15H,8-9H2,1-3H3,(H,21,23)(H2,19,20,25)/t12-,14-,15+/m0/s1. The Balaban J connectivity index is 1.61. The molecule has 2 heterocycles. The van der Waals surface area contributed by atoms with E-state index in [1.807, 2.05) is 44.4 Å². The molecule has 2 fully saturated rings. The molecule has 0 aliphatic carbocycles. The Labute approximate surface area is 157 Å². The number of amides is 4. The second-order valence-corrected chi connectivity index (χ2v) is 7.88. The van der Waals surface area contributed by atoms with Crippen LogP contribution in [0.1, 0.15) is 20.3 Å². The molecular weight excluding hydrogens is 352 g/mol. The predicted molar refractivity (Wildman–Crippen MR) is 101 cm³/mol. The lowest BCUT2D eigenvalue weighted by molar-refractivity contribution is -0.148. The van der Waals surface area contributed by atoms with Gasteiger partial charge in [-0.2, -0.15) is 0 Å². The Morgan fingerprint density at radius 2 is 2.12 bits per heavy atom. The zero-order valence-electron chi connectivity index (χ0n) is 15.1. The molecule has 3 atom stereocenters. The van der Waals surface area contributed by atoms with Gasteiger partial charge < -0.3 is 20.9 Å². The summed E-state index contributed by atoms with van der Waals surface area (Å²) in [6, 6.07) is 6.01. The zero-order chi connectivity index (χ0) is 18.8. The fraction of sp³-hybridized carbons (Fsp3) is 0.500. The number of hydrogen-bond acceptors (Lipinski definition) is 4. The Morgan fingerprint density at radius 3 is 2.81 bits per heavy atom. The lowest BCUT2D eigenvalue weighted by Crippen LogP contribution is -2.62. The first-order valence-electron chi connectivity index (χ1n) is 8.71. The van der Waals surface area contributed by atoms with E-state index in [-0.39, 0.29) is 29.8 Å². The molecule has 8 heteroatoms. The molecule has 2 aliphatic rings. The van der Waals surface area contributed by atoms with Crippen molar-refractivity contribution in [1.82, 2.24) is 15.5 Å². The maximum atomic E-state index is 12.6. The summed E-state index contributed by atoms with van der Waals surface area (Å²) in [5, 5.41) is 8.49. The fourth-order valence-electron chi connectivity index (χ4n) is 3.43. The predicted octanol–water partition coefficient (Wildman–Crippen LogP) is 1.65. The maximum Gasteiger partial charge on any atom is 0.319 e. The van der Waals surface area contributed by atoms with Gasteiger partial charge >= 0.3 is 6.03 Å². The van der Waals surface area contributed by atoms with E-state index in [0.717, 1.165) is 4.90 Å². The highest BCUT2D eigenvalue weighted by molar-refractivity contribution is 7.98. The summed E-state index contributed by atoms with van der Waals surface area (Å²) in [6.07, 6.45) is 2.40. The highest BCUT2D eigenvalue weighted by Crippen LogP contribution is 2.25. The lowest BCUT2D eigenvalue weighted by atomic mass is 9.98. The molecule has 26 heavy (non-hydrogen) atoms. The van der Waals surface area contributed by atoms with Crippen molar-refractivity contribution in [3.05, 3.63) is 24.3 Å². The van der Waals surface area contributed by atoms with Crippen LogP contribution in [0.5, 0.6) is 0 Å². The van der Waals surface area contributed by atoms with Crippen molar-refractivity contribution in [2.45, 2.75) is 43.3 Å². The molecule has 0 unspecified atom stereocenters. The van der Waals surface area contributed by atoms with Gasteiger partial charge in [0.1, 0.15) is 12.1 Å². The van der Waals surface area contributed by atoms with Crippen LogP contribution >= 0.6 is 11.8 Å². The highest BCUT2D eigenvalue weighted by Gasteiger charge is 2.47. The molecule has 3 N–H and O–H groups in total. The first kappa shape index (κ1) is 18.6. The summed E-state index contributed by atoms with van der Waals surface area (Å²) in [5.74, 6) is -0.172. The van der Waals surface area contributed by atoms with Crippen molar-refractivity contribution in [3.63, 3.8) is 0 Å². The number of hydrogen-bond donors (Lipinski definition) is 3. The number of carbonyl (C=O) groups excluding carboxylic acids is 3. The summed E-state index contributed by atoms with van der Waals surface area (Å²) in [7, 11) is 0. The molecule has 140 valence electrons. The Kier molecular flexibility index (Phi) is 5.41. The number of fused-ring (bicyclic) bond motifs is 1. The molecule has 0 aromatic heterocycles. The number of rotatable bonds is 4. The number of carbonyl (C=O) groups is 3. The van der Waals surface area contributed by atoms with E-state index >= 15 is 0 Å². The average molecular weight is 376 g/mol. The summed E-state index contributed by atoms with van der Waals surface area (Å²) in [5.41, 5.74) is 0.707. The minimum absolute atomic E-state index is 0.0337. The van der Waals surface area contributed by atoms with Crippen molar-refractivity contribution in [3.8, 4) is 0 Å². The van der Waals surface area contributed by atoms with Gasteiger partial charge in [-0.15, -0.1) is 11.8 Å². The number of nitrogens with one attached hydrogen (secondary N) is 3. The van der Waals surface area contributed by atoms with Crippen LogP contribution < -0.4 is 16.0 Å². The normalized spacial score (nSPS) is 25.1. The quantitative estimate of drug-likeness (QED) is 0.697. The maximum absolute atomic E-state index is 12.6. The summed E-state index contributed by atoms with van der Waals surface area (Å²) in [6.45, 7) is 4.18. The molecule has 0 spiro atoms. The molecular formula is C18H24N4O3S. The van der Waals surface area contributed by atoms with Gasteiger partial charge in [-0.05, 0) is 36.8 Å². The minimum Gasteiger partial charge on any atom is -0.342 e. The van der Waals surface area contributed by atoms with E-state index in [0.29, 0.717) is 18.7 Å². The minimum atomic E-state index is -0.498. The summed E-state index contributed by atoms with van der Waals surface area (Å²) in [4.78, 5) is 39.8. The van der Waals surface area contributed by atoms with Gasteiger partial charge in [0.05, 0.1) is 6.04 Å². The molecule has 4 amide bonds. The molecule has 3 rings (SSSR count). The second-order valence-electron chi connectivity index (χ2n) is 7.00. The highest BCUT2D eigenvalue weighted by atomic mass is 32.2. The third kappa shape index (κ3) is 3.80. The van der Waals surface area contributed by atoms with E-state index in [9.17, 15) is 14.4 Å². The Bertz CT molecular complexity index is 724. The Morgan fingerprint density at radius 1 is 1.35 bits per heavy atom. The van der Waals surface area contributed by atoms with E-state index in [4.69, 9.17) is 0 Å². The second kappa shape index (κ2) is 7.57. The van der Waals surface area contributed by atoms with Gasteiger partial charge in [0, 0.05) is 17.1 Å². The average Bonchev–Trinajstić information content (AvgIpc) is 3.02. The van der Waals surface area contributed by atoms with Crippen LogP contribution in [-0.2, 0) is 9.59 Å². The van der Waals surface area contributed by atoms with Gasteiger partial charge in [-0.25, -0.2) is 4.79 Å².